The van der Waals surface area contributed by atoms with E-state index in [4.69, 9.17) is 5.73 Å². The summed E-state index contributed by atoms with van der Waals surface area (Å²) in [5, 5.41) is 5.37. The number of hydrogen-bond donors (Lipinski definition) is 2. The summed E-state index contributed by atoms with van der Waals surface area (Å²) in [5.74, 6) is -0.126. The Morgan fingerprint density at radius 1 is 0.958 bits per heavy atom. The van der Waals surface area contributed by atoms with Gasteiger partial charge in [0, 0.05) is 0 Å². The van der Waals surface area contributed by atoms with Crippen LogP contribution in [-0.2, 0) is 11.2 Å². The summed E-state index contributed by atoms with van der Waals surface area (Å²) in [7, 11) is 0. The van der Waals surface area contributed by atoms with Gasteiger partial charge in [0.05, 0.1) is 12.1 Å². The Balaban J connectivity index is 1.71. The fraction of sp³-hybridized carbons (Fsp3) is 0.190. The Hall–Kier alpha value is -2.65. The molecular weight excluding hydrogens is 296 g/mol. The first-order chi connectivity index (χ1) is 11.6. The largest absolute Gasteiger partial charge is 0.348 e. The molecule has 0 aromatic heterocycles. The van der Waals surface area contributed by atoms with Gasteiger partial charge in [-0.15, -0.1) is 0 Å². The van der Waals surface area contributed by atoms with Crippen LogP contribution < -0.4 is 11.1 Å². The van der Waals surface area contributed by atoms with E-state index in [9.17, 15) is 4.79 Å². The second kappa shape index (κ2) is 7.28. The third-order valence-electron chi connectivity index (χ3n) is 4.28. The molecule has 122 valence electrons. The van der Waals surface area contributed by atoms with Crippen molar-refractivity contribution in [2.75, 3.05) is 0 Å². The fourth-order valence-corrected chi connectivity index (χ4v) is 2.99. The van der Waals surface area contributed by atoms with Gasteiger partial charge in [-0.25, -0.2) is 0 Å². The lowest BCUT2D eigenvalue weighted by atomic mass is 9.99. The van der Waals surface area contributed by atoms with Crippen LogP contribution in [0.15, 0.2) is 72.8 Å². The van der Waals surface area contributed by atoms with Gasteiger partial charge in [0.1, 0.15) is 0 Å². The van der Waals surface area contributed by atoms with Crippen molar-refractivity contribution in [3.63, 3.8) is 0 Å². The maximum Gasteiger partial charge on any atom is 0.237 e. The number of nitrogens with one attached hydrogen (secondary N) is 1. The van der Waals surface area contributed by atoms with E-state index < -0.39 is 6.04 Å². The maximum absolute atomic E-state index is 12.4. The highest BCUT2D eigenvalue weighted by molar-refractivity contribution is 5.87. The topological polar surface area (TPSA) is 55.1 Å². The predicted molar refractivity (Wildman–Crippen MR) is 98.6 cm³/mol. The van der Waals surface area contributed by atoms with E-state index in [0.717, 1.165) is 16.5 Å². The quantitative estimate of drug-likeness (QED) is 0.755. The third kappa shape index (κ3) is 3.63. The fourth-order valence-electron chi connectivity index (χ4n) is 2.99. The van der Waals surface area contributed by atoms with Gasteiger partial charge in [-0.3, -0.25) is 4.79 Å². The van der Waals surface area contributed by atoms with E-state index in [1.165, 1.54) is 5.39 Å². The number of amides is 1. The SMILES string of the molecule is CC(NC(=O)[C@H](N)Cc1ccccc1)c1cccc2ccccc12. The average molecular weight is 318 g/mol. The average Bonchev–Trinajstić information content (AvgIpc) is 2.62. The van der Waals surface area contributed by atoms with Gasteiger partial charge in [-0.2, -0.15) is 0 Å². The Labute approximate surface area is 142 Å². The number of rotatable bonds is 5. The lowest BCUT2D eigenvalue weighted by molar-refractivity contribution is -0.123. The minimum absolute atomic E-state index is 0.0922. The molecule has 1 amide bonds. The molecule has 0 saturated carbocycles. The zero-order valence-electron chi connectivity index (χ0n) is 13.8. The molecule has 3 rings (SSSR count). The van der Waals surface area contributed by atoms with Crippen molar-refractivity contribution in [3.8, 4) is 0 Å². The molecule has 3 nitrogen and oxygen atoms in total. The minimum Gasteiger partial charge on any atom is -0.348 e. The van der Waals surface area contributed by atoms with Gasteiger partial charge in [0.25, 0.3) is 0 Å². The zero-order chi connectivity index (χ0) is 16.9. The van der Waals surface area contributed by atoms with Crippen molar-refractivity contribution < 1.29 is 4.79 Å². The highest BCUT2D eigenvalue weighted by Gasteiger charge is 2.18. The summed E-state index contributed by atoms with van der Waals surface area (Å²) in [6.07, 6.45) is 0.537. The molecule has 3 aromatic rings. The first-order valence-corrected chi connectivity index (χ1v) is 8.22. The molecule has 3 N–H and O–H groups in total. The van der Waals surface area contributed by atoms with E-state index >= 15 is 0 Å². The third-order valence-corrected chi connectivity index (χ3v) is 4.28. The molecule has 24 heavy (non-hydrogen) atoms. The first-order valence-electron chi connectivity index (χ1n) is 8.22. The Morgan fingerprint density at radius 2 is 1.62 bits per heavy atom. The van der Waals surface area contributed by atoms with Gasteiger partial charge in [0.2, 0.25) is 5.91 Å². The van der Waals surface area contributed by atoms with E-state index in [1.54, 1.807) is 0 Å². The van der Waals surface area contributed by atoms with Crippen LogP contribution in [0.1, 0.15) is 24.1 Å². The van der Waals surface area contributed by atoms with Crippen LogP contribution in [0.25, 0.3) is 10.8 Å². The second-order valence-electron chi connectivity index (χ2n) is 6.09. The van der Waals surface area contributed by atoms with Crippen LogP contribution in [0.4, 0.5) is 0 Å². The monoisotopic (exact) mass is 318 g/mol. The zero-order valence-corrected chi connectivity index (χ0v) is 13.8. The number of carbonyl (C=O) groups excluding carboxylic acids is 1. The minimum atomic E-state index is -0.551. The molecule has 0 saturated heterocycles. The van der Waals surface area contributed by atoms with E-state index in [-0.39, 0.29) is 11.9 Å². The maximum atomic E-state index is 12.4. The molecule has 0 radical (unpaired) electrons. The summed E-state index contributed by atoms with van der Waals surface area (Å²) in [6.45, 7) is 1.99. The summed E-state index contributed by atoms with van der Waals surface area (Å²) in [5.41, 5.74) is 8.25. The van der Waals surface area contributed by atoms with Crippen LogP contribution in [0.3, 0.4) is 0 Å². The van der Waals surface area contributed by atoms with Crippen LogP contribution >= 0.6 is 0 Å². The van der Waals surface area contributed by atoms with Gasteiger partial charge < -0.3 is 11.1 Å². The molecule has 3 aromatic carbocycles. The molecule has 3 heteroatoms. The van der Waals surface area contributed by atoms with Crippen molar-refractivity contribution in [2.45, 2.75) is 25.4 Å². The summed E-state index contributed by atoms with van der Waals surface area (Å²) in [4.78, 5) is 12.4. The second-order valence-corrected chi connectivity index (χ2v) is 6.09. The van der Waals surface area contributed by atoms with Gasteiger partial charge in [0.15, 0.2) is 0 Å². The van der Waals surface area contributed by atoms with Crippen molar-refractivity contribution >= 4 is 16.7 Å². The first kappa shape index (κ1) is 16.2. The smallest absolute Gasteiger partial charge is 0.237 e. The normalized spacial score (nSPS) is 13.4. The molecule has 1 unspecified atom stereocenters. The highest BCUT2D eigenvalue weighted by Crippen LogP contribution is 2.24. The van der Waals surface area contributed by atoms with Crippen molar-refractivity contribution in [1.29, 1.82) is 0 Å². The van der Waals surface area contributed by atoms with Crippen molar-refractivity contribution in [1.82, 2.24) is 5.32 Å². The summed E-state index contributed by atoms with van der Waals surface area (Å²) >= 11 is 0. The van der Waals surface area contributed by atoms with E-state index in [2.05, 4.69) is 29.6 Å². The molecule has 0 bridgehead atoms. The number of hydrogen-bond acceptors (Lipinski definition) is 2. The number of nitrogens with two attached hydrogens (primary N) is 1. The molecule has 0 heterocycles. The standard InChI is InChI=1S/C21H22N2O/c1-15(18-13-7-11-17-10-5-6-12-19(17)18)23-21(24)20(22)14-16-8-3-2-4-9-16/h2-13,15,20H,14,22H2,1H3,(H,23,24)/t15?,20-/m1/s1. The van der Waals surface area contributed by atoms with E-state index in [0.29, 0.717) is 6.42 Å². The highest BCUT2D eigenvalue weighted by atomic mass is 16.2. The van der Waals surface area contributed by atoms with Crippen LogP contribution in [-0.4, -0.2) is 11.9 Å². The molecule has 0 aliphatic heterocycles. The van der Waals surface area contributed by atoms with Crippen LogP contribution in [0.2, 0.25) is 0 Å². The van der Waals surface area contributed by atoms with Crippen LogP contribution in [0, 0.1) is 0 Å². The molecular formula is C21H22N2O. The van der Waals surface area contributed by atoms with E-state index in [1.807, 2.05) is 55.5 Å². The Kier molecular flexibility index (Phi) is 4.92. The number of fused-ring (bicyclic) bond motifs is 1. The van der Waals surface area contributed by atoms with Gasteiger partial charge in [-0.1, -0.05) is 72.8 Å². The number of carbonyl (C=O) groups is 1. The Bertz CT molecular complexity index is 824. The van der Waals surface area contributed by atoms with Crippen molar-refractivity contribution in [2.24, 2.45) is 5.73 Å². The van der Waals surface area contributed by atoms with Gasteiger partial charge >= 0.3 is 0 Å². The lowest BCUT2D eigenvalue weighted by Crippen LogP contribution is -2.43. The van der Waals surface area contributed by atoms with Crippen molar-refractivity contribution in [3.05, 3.63) is 83.9 Å². The molecule has 0 aliphatic carbocycles. The molecule has 0 fully saturated rings. The molecule has 2 atom stereocenters. The Morgan fingerprint density at radius 3 is 2.42 bits per heavy atom. The molecule has 0 spiro atoms. The van der Waals surface area contributed by atoms with Gasteiger partial charge in [-0.05, 0) is 35.2 Å². The summed E-state index contributed by atoms with van der Waals surface area (Å²) < 4.78 is 0. The van der Waals surface area contributed by atoms with Crippen LogP contribution in [0.5, 0.6) is 0 Å². The lowest BCUT2D eigenvalue weighted by Gasteiger charge is -2.19. The summed E-state index contributed by atoms with van der Waals surface area (Å²) in [6, 6.07) is 23.5. The molecule has 0 aliphatic rings. The number of benzene rings is 3. The predicted octanol–water partition coefficient (Wildman–Crippen LogP) is 3.59.